The average Bonchev–Trinajstić information content (AvgIpc) is 3.41. The van der Waals surface area contributed by atoms with Crippen molar-refractivity contribution in [1.82, 2.24) is 29.4 Å². The van der Waals surface area contributed by atoms with Crippen molar-refractivity contribution in [2.24, 2.45) is 24.8 Å². The highest BCUT2D eigenvalue weighted by molar-refractivity contribution is 5.92. The third kappa shape index (κ3) is 3.52. The van der Waals surface area contributed by atoms with E-state index in [0.29, 0.717) is 12.2 Å². The van der Waals surface area contributed by atoms with Gasteiger partial charge in [0.05, 0.1) is 30.9 Å². The van der Waals surface area contributed by atoms with E-state index in [0.717, 1.165) is 67.3 Å². The number of anilines is 1. The maximum absolute atomic E-state index is 12.8. The van der Waals surface area contributed by atoms with E-state index in [4.69, 9.17) is 4.98 Å². The second-order valence-electron chi connectivity index (χ2n) is 9.90. The maximum atomic E-state index is 12.8. The van der Waals surface area contributed by atoms with E-state index in [1.165, 1.54) is 11.3 Å². The van der Waals surface area contributed by atoms with E-state index in [2.05, 4.69) is 46.2 Å². The lowest BCUT2D eigenvalue weighted by atomic mass is 10.1. The van der Waals surface area contributed by atoms with Gasteiger partial charge in [0.15, 0.2) is 0 Å². The second-order valence-corrected chi connectivity index (χ2v) is 9.90. The summed E-state index contributed by atoms with van der Waals surface area (Å²) in [4.78, 5) is 29.1. The summed E-state index contributed by atoms with van der Waals surface area (Å²) in [6.07, 6.45) is 8.08. The first-order chi connectivity index (χ1) is 16.0. The Morgan fingerprint density at radius 2 is 2.00 bits per heavy atom. The van der Waals surface area contributed by atoms with Crippen LogP contribution in [0.4, 0.5) is 5.82 Å². The third-order valence-corrected chi connectivity index (χ3v) is 7.95. The molecule has 2 fully saturated rings. The molecular formula is C25H31N7O. The molecule has 2 aliphatic carbocycles. The fourth-order valence-electron chi connectivity index (χ4n) is 5.78. The van der Waals surface area contributed by atoms with Crippen molar-refractivity contribution < 1.29 is 4.79 Å². The molecule has 4 atom stereocenters. The smallest absolute Gasteiger partial charge is 0.272 e. The third-order valence-electron chi connectivity index (χ3n) is 7.95. The molecule has 0 bridgehead atoms. The highest BCUT2D eigenvalue weighted by atomic mass is 16.2. The van der Waals surface area contributed by atoms with Gasteiger partial charge in [-0.05, 0) is 48.6 Å². The second kappa shape index (κ2) is 7.71. The molecule has 8 heteroatoms. The molecule has 8 nitrogen and oxygen atoms in total. The van der Waals surface area contributed by atoms with Crippen LogP contribution < -0.4 is 10.2 Å². The molecular weight excluding hydrogens is 414 g/mol. The first-order valence-corrected chi connectivity index (χ1v) is 12.1. The minimum atomic E-state index is -0.150. The largest absolute Gasteiger partial charge is 0.356 e. The molecule has 3 aliphatic rings. The summed E-state index contributed by atoms with van der Waals surface area (Å²) in [6.45, 7) is 7.46. The number of fused-ring (bicyclic) bond motifs is 2. The average molecular weight is 446 g/mol. The Morgan fingerprint density at radius 3 is 2.79 bits per heavy atom. The number of aryl methyl sites for hydroxylation is 2. The van der Waals surface area contributed by atoms with Gasteiger partial charge in [-0.25, -0.2) is 15.0 Å². The van der Waals surface area contributed by atoms with Crippen LogP contribution in [-0.4, -0.2) is 43.1 Å². The molecule has 1 amide bonds. The van der Waals surface area contributed by atoms with Crippen molar-refractivity contribution in [2.75, 3.05) is 18.0 Å². The summed E-state index contributed by atoms with van der Waals surface area (Å²) < 4.78 is 4.01. The van der Waals surface area contributed by atoms with E-state index in [1.54, 1.807) is 6.33 Å². The molecule has 0 spiro atoms. The monoisotopic (exact) mass is 445 g/mol. The fraction of sp³-hybridized carbons (Fsp3) is 0.520. The molecule has 3 aromatic rings. The molecule has 33 heavy (non-hydrogen) atoms. The number of piperidine rings is 1. The number of hydrogen-bond acceptors (Lipinski definition) is 5. The Kier molecular flexibility index (Phi) is 4.78. The summed E-state index contributed by atoms with van der Waals surface area (Å²) >= 11 is 0. The first kappa shape index (κ1) is 20.4. The van der Waals surface area contributed by atoms with E-state index >= 15 is 0 Å². The number of carbonyl (C=O) groups excluding carboxylic acids is 1. The van der Waals surface area contributed by atoms with Crippen molar-refractivity contribution in [3.8, 4) is 0 Å². The van der Waals surface area contributed by atoms with E-state index in [-0.39, 0.29) is 11.9 Å². The number of carbonyl (C=O) groups is 1. The number of amides is 1. The molecule has 1 unspecified atom stereocenters. The number of rotatable bonds is 6. The van der Waals surface area contributed by atoms with Crippen molar-refractivity contribution in [3.63, 3.8) is 0 Å². The normalized spacial score (nSPS) is 25.2. The zero-order valence-electron chi connectivity index (χ0n) is 19.5. The minimum Gasteiger partial charge on any atom is -0.356 e. The number of nitrogens with zero attached hydrogens (tertiary/aromatic N) is 6. The van der Waals surface area contributed by atoms with Gasteiger partial charge in [0.2, 0.25) is 0 Å². The Morgan fingerprint density at radius 1 is 1.18 bits per heavy atom. The molecule has 1 aliphatic heterocycles. The Labute approximate surface area is 194 Å². The first-order valence-electron chi connectivity index (χ1n) is 12.1. The Balaban J connectivity index is 1.12. The number of imidazole rings is 2. The van der Waals surface area contributed by atoms with Gasteiger partial charge in [-0.1, -0.05) is 19.9 Å². The van der Waals surface area contributed by atoms with Gasteiger partial charge in [-0.15, -0.1) is 0 Å². The van der Waals surface area contributed by atoms with Gasteiger partial charge in [0.25, 0.3) is 5.91 Å². The minimum absolute atomic E-state index is 0.0399. The molecule has 0 radical (unpaired) electrons. The molecule has 6 rings (SSSR count). The van der Waals surface area contributed by atoms with Crippen molar-refractivity contribution in [3.05, 3.63) is 59.3 Å². The molecule has 3 aromatic heterocycles. The maximum Gasteiger partial charge on any atom is 0.272 e. The van der Waals surface area contributed by atoms with Gasteiger partial charge >= 0.3 is 0 Å². The van der Waals surface area contributed by atoms with Gasteiger partial charge in [-0.3, -0.25) is 4.79 Å². The van der Waals surface area contributed by atoms with Crippen LogP contribution in [0.25, 0.3) is 0 Å². The van der Waals surface area contributed by atoms with Crippen LogP contribution in [0.15, 0.2) is 31.0 Å². The Hall–Kier alpha value is -3.16. The number of pyridine rings is 1. The number of aromatic nitrogens is 5. The van der Waals surface area contributed by atoms with Crippen LogP contribution in [0.2, 0.25) is 0 Å². The lowest BCUT2D eigenvalue weighted by Crippen LogP contribution is -2.27. The van der Waals surface area contributed by atoms with E-state index < -0.39 is 0 Å². The van der Waals surface area contributed by atoms with Crippen molar-refractivity contribution in [1.29, 1.82) is 0 Å². The van der Waals surface area contributed by atoms with Gasteiger partial charge < -0.3 is 19.4 Å². The van der Waals surface area contributed by atoms with Crippen LogP contribution in [0.5, 0.6) is 0 Å². The van der Waals surface area contributed by atoms with Crippen LogP contribution in [0.3, 0.4) is 0 Å². The van der Waals surface area contributed by atoms with E-state index in [9.17, 15) is 4.79 Å². The standard InChI is InChI=1S/C25H31N7O/c1-4-19-16(5-8-23(28-19)32-10-17-15(2)18(17)11-32)9-31-12-21(26-14-31)25(33)29-20-6-7-22-24(20)27-13-30(22)3/h5,8,12-15,17-18,20H,4,6-7,9-11H2,1-3H3,(H,29,33)/t15?,17-,18+,20-/m1/s1. The fourth-order valence-corrected chi connectivity index (χ4v) is 5.78. The number of nitrogens with one attached hydrogen (secondary N) is 1. The topological polar surface area (TPSA) is 80.9 Å². The summed E-state index contributed by atoms with van der Waals surface area (Å²) in [7, 11) is 2.00. The SMILES string of the molecule is CCc1nc(N2C[C@@H]3C(C)[C@@H]3C2)ccc1Cn1cnc(C(=O)N[C@@H]2CCc3c2ncn3C)c1. The summed E-state index contributed by atoms with van der Waals surface area (Å²) in [5.74, 6) is 3.56. The molecule has 1 N–H and O–H groups in total. The van der Waals surface area contributed by atoms with Crippen LogP contribution in [0, 0.1) is 17.8 Å². The zero-order chi connectivity index (χ0) is 22.7. The quantitative estimate of drug-likeness (QED) is 0.631. The molecule has 4 heterocycles. The van der Waals surface area contributed by atoms with Crippen molar-refractivity contribution >= 4 is 11.7 Å². The van der Waals surface area contributed by atoms with Crippen LogP contribution >= 0.6 is 0 Å². The van der Waals surface area contributed by atoms with Gasteiger partial charge in [-0.2, -0.15) is 0 Å². The number of hydrogen-bond donors (Lipinski definition) is 1. The van der Waals surface area contributed by atoms with Gasteiger partial charge in [0, 0.05) is 37.7 Å². The summed E-state index contributed by atoms with van der Waals surface area (Å²) in [5, 5.41) is 3.10. The molecule has 172 valence electrons. The molecule has 0 aromatic carbocycles. The van der Waals surface area contributed by atoms with Gasteiger partial charge in [0.1, 0.15) is 11.5 Å². The zero-order valence-corrected chi connectivity index (χ0v) is 19.5. The highest BCUT2D eigenvalue weighted by Gasteiger charge is 2.52. The van der Waals surface area contributed by atoms with Crippen molar-refractivity contribution in [2.45, 2.75) is 45.7 Å². The predicted molar refractivity (Wildman–Crippen MR) is 125 cm³/mol. The van der Waals surface area contributed by atoms with Crippen LogP contribution in [-0.2, 0) is 26.4 Å². The Bertz CT molecular complexity index is 1200. The summed E-state index contributed by atoms with van der Waals surface area (Å²) in [5.41, 5.74) is 4.92. The van der Waals surface area contributed by atoms with Crippen LogP contribution in [0.1, 0.15) is 59.4 Å². The molecule has 1 saturated heterocycles. The molecule has 1 saturated carbocycles. The summed E-state index contributed by atoms with van der Waals surface area (Å²) in [6, 6.07) is 4.30. The highest BCUT2D eigenvalue weighted by Crippen LogP contribution is 2.51. The predicted octanol–water partition coefficient (Wildman–Crippen LogP) is 2.74. The van der Waals surface area contributed by atoms with E-state index in [1.807, 2.05) is 28.7 Å². The lowest BCUT2D eigenvalue weighted by Gasteiger charge is -2.21. The lowest BCUT2D eigenvalue weighted by molar-refractivity contribution is 0.0931.